The lowest BCUT2D eigenvalue weighted by molar-refractivity contribution is 0.529. The van der Waals surface area contributed by atoms with Gasteiger partial charge in [-0.15, -0.1) is 0 Å². The zero-order valence-electron chi connectivity index (χ0n) is 48.3. The van der Waals surface area contributed by atoms with Gasteiger partial charge in [0, 0.05) is 5.41 Å². The molecule has 0 heterocycles. The van der Waals surface area contributed by atoms with Crippen LogP contribution in [0.5, 0.6) is 0 Å². The van der Waals surface area contributed by atoms with Crippen LogP contribution in [0.3, 0.4) is 0 Å². The van der Waals surface area contributed by atoms with Gasteiger partial charge in [-0.05, 0) is 210 Å². The highest BCUT2D eigenvalue weighted by Crippen LogP contribution is 2.53. The lowest BCUT2D eigenvalue weighted by Crippen LogP contribution is -2.19. The molecule has 0 fully saturated rings. The molecule has 0 saturated heterocycles. The number of fused-ring (bicyclic) bond motifs is 6. The van der Waals surface area contributed by atoms with E-state index in [0.717, 1.165) is 0 Å². The van der Waals surface area contributed by atoms with Crippen LogP contribution in [-0.2, 0) is 5.41 Å². The van der Waals surface area contributed by atoms with Crippen LogP contribution in [0.15, 0.2) is 169 Å². The van der Waals surface area contributed by atoms with Crippen LogP contribution in [-0.4, -0.2) is 0 Å². The average molecular weight is 976 g/mol. The number of hydrogen-bond donors (Lipinski definition) is 0. The molecule has 0 amide bonds. The number of rotatable bonds is 7. The predicted molar refractivity (Wildman–Crippen MR) is 326 cm³/mol. The molecular formula is C74H86. The van der Waals surface area contributed by atoms with Crippen LogP contribution in [0.25, 0.3) is 38.6 Å². The molecule has 0 aromatic heterocycles. The summed E-state index contributed by atoms with van der Waals surface area (Å²) < 4.78 is 0. The van der Waals surface area contributed by atoms with E-state index in [1.165, 1.54) is 135 Å². The Morgan fingerprint density at radius 2 is 1.00 bits per heavy atom. The monoisotopic (exact) mass is 975 g/mol. The van der Waals surface area contributed by atoms with Crippen molar-refractivity contribution in [1.29, 1.82) is 0 Å². The fraction of sp³-hybridized carbons (Fsp3) is 0.324. The SMILES string of the molecule is C/C=C\C1=C(CCC)C(C)C(C)c2cc(C(C)C(C)c3ccc4c(c3)C(C)(C)c3cc(C)c5ccccc5c3-4)ccc21.Cc1cc(-c2ccccc2)cc(C)c1C.Cc1cc(C)c(C)c(C)c1.Cc1ccccc1. The first-order chi connectivity index (χ1) is 35.3. The van der Waals surface area contributed by atoms with Gasteiger partial charge >= 0.3 is 0 Å². The third-order valence-corrected chi connectivity index (χ3v) is 17.1. The summed E-state index contributed by atoms with van der Waals surface area (Å²) in [5, 5.41) is 2.76. The van der Waals surface area contributed by atoms with Gasteiger partial charge in [0.25, 0.3) is 0 Å². The van der Waals surface area contributed by atoms with E-state index < -0.39 is 0 Å². The molecule has 2 aliphatic rings. The largest absolute Gasteiger partial charge is 0.0870 e. The Kier molecular flexibility index (Phi) is 17.8. The minimum atomic E-state index is -0.0124. The van der Waals surface area contributed by atoms with Crippen molar-refractivity contribution in [3.05, 3.63) is 253 Å². The van der Waals surface area contributed by atoms with Crippen molar-refractivity contribution in [3.8, 4) is 22.3 Å². The van der Waals surface area contributed by atoms with Crippen LogP contribution in [0, 0.1) is 68.2 Å². The molecule has 4 atom stereocenters. The van der Waals surface area contributed by atoms with Crippen molar-refractivity contribution in [3.63, 3.8) is 0 Å². The van der Waals surface area contributed by atoms with Crippen LogP contribution in [0.1, 0.15) is 169 Å². The van der Waals surface area contributed by atoms with Crippen LogP contribution < -0.4 is 0 Å². The summed E-state index contributed by atoms with van der Waals surface area (Å²) in [6, 6.07) is 55.9. The molecule has 0 nitrogen and oxygen atoms in total. The summed E-state index contributed by atoms with van der Waals surface area (Å²) in [6.07, 6.45) is 6.96. The second-order valence-electron chi connectivity index (χ2n) is 22.6. The predicted octanol–water partition coefficient (Wildman–Crippen LogP) is 21.4. The molecule has 0 spiro atoms. The lowest BCUT2D eigenvalue weighted by Gasteiger charge is -2.34. The highest BCUT2D eigenvalue weighted by molar-refractivity contribution is 6.04. The van der Waals surface area contributed by atoms with E-state index in [-0.39, 0.29) is 5.41 Å². The average Bonchev–Trinajstić information content (AvgIpc) is 3.62. The number of aryl methyl sites for hydroxylation is 7. The molecule has 0 N–H and O–H groups in total. The van der Waals surface area contributed by atoms with Gasteiger partial charge in [-0.1, -0.05) is 235 Å². The van der Waals surface area contributed by atoms with Crippen molar-refractivity contribution in [2.75, 3.05) is 0 Å². The summed E-state index contributed by atoms with van der Waals surface area (Å²) in [4.78, 5) is 0. The smallest absolute Gasteiger partial charge is 0.0159 e. The standard InChI is InChI=1S/C42H48.C15H16.C10H14.C7H8/c1-10-14-33-28(6)29(7)38-23-30(18-20-35(38)34(33)15-11-2)26(4)27(5)31-19-21-37-39(24-31)42(8,9)40-22-25(3)32-16-12-13-17-36(32)41(37)40;1-11-9-15(10-12(2)13(11)3)14-7-5-4-6-8-14;1-7-5-8(2)10(4)9(3)6-7;1-7-5-3-2-4-6-7/h11-13,15-24,26-29H,10,14H2,1-9H3;4-10H,1-3H3;5-6H,1-4H3;2-6H,1H3/b15-11-;;;. The first-order valence-corrected chi connectivity index (χ1v) is 27.7. The molecular weight excluding hydrogens is 889 g/mol. The van der Waals surface area contributed by atoms with Gasteiger partial charge in [0.05, 0.1) is 0 Å². The summed E-state index contributed by atoms with van der Waals surface area (Å²) >= 11 is 0. The fourth-order valence-corrected chi connectivity index (χ4v) is 11.7. The first-order valence-electron chi connectivity index (χ1n) is 27.7. The molecule has 0 saturated carbocycles. The summed E-state index contributed by atoms with van der Waals surface area (Å²) in [7, 11) is 0. The fourth-order valence-electron chi connectivity index (χ4n) is 11.7. The van der Waals surface area contributed by atoms with Crippen LogP contribution in [0.4, 0.5) is 0 Å². The topological polar surface area (TPSA) is 0 Å². The minimum absolute atomic E-state index is 0.0124. The quantitative estimate of drug-likeness (QED) is 0.149. The molecule has 4 unspecified atom stereocenters. The summed E-state index contributed by atoms with van der Waals surface area (Å²) in [5.41, 5.74) is 29.8. The second-order valence-corrected chi connectivity index (χ2v) is 22.6. The summed E-state index contributed by atoms with van der Waals surface area (Å²) in [5.74, 6) is 1.96. The molecule has 10 rings (SSSR count). The third kappa shape index (κ3) is 11.7. The molecule has 8 aromatic carbocycles. The molecule has 0 radical (unpaired) electrons. The number of allylic oxidation sites excluding steroid dienone is 4. The van der Waals surface area contributed by atoms with Gasteiger partial charge in [-0.2, -0.15) is 0 Å². The zero-order chi connectivity index (χ0) is 53.6. The first kappa shape index (κ1) is 55.3. The van der Waals surface area contributed by atoms with Gasteiger partial charge in [0.2, 0.25) is 0 Å². The Balaban J connectivity index is 0.000000200. The maximum Gasteiger partial charge on any atom is 0.0159 e. The normalized spacial score (nSPS) is 15.9. The van der Waals surface area contributed by atoms with Crippen molar-refractivity contribution in [2.24, 2.45) is 5.92 Å². The van der Waals surface area contributed by atoms with Gasteiger partial charge < -0.3 is 0 Å². The maximum absolute atomic E-state index is 2.55. The molecule has 8 aromatic rings. The lowest BCUT2D eigenvalue weighted by atomic mass is 9.70. The van der Waals surface area contributed by atoms with E-state index in [9.17, 15) is 0 Å². The van der Waals surface area contributed by atoms with Gasteiger partial charge in [0.15, 0.2) is 0 Å². The van der Waals surface area contributed by atoms with Gasteiger partial charge in [-0.25, -0.2) is 0 Å². The number of benzene rings is 8. The molecule has 74 heavy (non-hydrogen) atoms. The van der Waals surface area contributed by atoms with E-state index in [0.29, 0.717) is 23.7 Å². The molecule has 0 heteroatoms. The maximum atomic E-state index is 2.55. The van der Waals surface area contributed by atoms with Crippen molar-refractivity contribution in [1.82, 2.24) is 0 Å². The molecule has 382 valence electrons. The van der Waals surface area contributed by atoms with E-state index in [1.54, 1.807) is 5.57 Å². The van der Waals surface area contributed by atoms with E-state index >= 15 is 0 Å². The Labute approximate surface area is 448 Å². The number of hydrogen-bond acceptors (Lipinski definition) is 0. The molecule has 0 aliphatic heterocycles. The van der Waals surface area contributed by atoms with Gasteiger partial charge in [0.1, 0.15) is 0 Å². The highest BCUT2D eigenvalue weighted by atomic mass is 14.4. The van der Waals surface area contributed by atoms with Crippen LogP contribution >= 0.6 is 0 Å². The zero-order valence-corrected chi connectivity index (χ0v) is 48.3. The Morgan fingerprint density at radius 1 is 0.486 bits per heavy atom. The second kappa shape index (κ2) is 23.8. The van der Waals surface area contributed by atoms with E-state index in [1.807, 2.05) is 18.2 Å². The van der Waals surface area contributed by atoms with E-state index in [2.05, 4.69) is 263 Å². The van der Waals surface area contributed by atoms with Crippen LogP contribution in [0.2, 0.25) is 0 Å². The Morgan fingerprint density at radius 3 is 1.54 bits per heavy atom. The van der Waals surface area contributed by atoms with Crippen molar-refractivity contribution >= 4 is 16.3 Å². The molecule has 2 aliphatic carbocycles. The highest BCUT2D eigenvalue weighted by Gasteiger charge is 2.38. The van der Waals surface area contributed by atoms with Crippen molar-refractivity contribution < 1.29 is 0 Å². The summed E-state index contributed by atoms with van der Waals surface area (Å²) in [6.45, 7) is 38.5. The Bertz CT molecular complexity index is 3250. The third-order valence-electron chi connectivity index (χ3n) is 17.1. The molecule has 0 bridgehead atoms. The minimum Gasteiger partial charge on any atom is -0.0870 e. The van der Waals surface area contributed by atoms with Gasteiger partial charge in [-0.3, -0.25) is 0 Å². The van der Waals surface area contributed by atoms with Crippen molar-refractivity contribution in [2.45, 2.75) is 154 Å². The Hall–Kier alpha value is -6.50. The van der Waals surface area contributed by atoms with E-state index in [4.69, 9.17) is 0 Å².